The molecule has 3 amide bonds. The van der Waals surface area contributed by atoms with E-state index in [0.717, 1.165) is 22.7 Å². The number of hydrogen-bond acceptors (Lipinski definition) is 8. The molecule has 0 bridgehead atoms. The fraction of sp³-hybridized carbons (Fsp3) is 0.172. The first-order valence-corrected chi connectivity index (χ1v) is 13.0. The number of aromatic nitrogens is 1. The number of carbonyl (C=O) groups excluding carboxylic acids is 3. The molecule has 3 aromatic carbocycles. The van der Waals surface area contributed by atoms with Crippen molar-refractivity contribution in [1.29, 1.82) is 0 Å². The van der Waals surface area contributed by atoms with Crippen molar-refractivity contribution in [3.8, 4) is 11.5 Å². The molecule has 4 aromatic rings. The van der Waals surface area contributed by atoms with Crippen LogP contribution in [0.1, 0.15) is 42.9 Å². The molecule has 10 nitrogen and oxygen atoms in total. The second kappa shape index (κ2) is 12.3. The van der Waals surface area contributed by atoms with Crippen LogP contribution >= 0.6 is 11.5 Å². The van der Waals surface area contributed by atoms with Gasteiger partial charge in [-0.2, -0.15) is 4.37 Å². The topological polar surface area (TPSA) is 150 Å². The summed E-state index contributed by atoms with van der Waals surface area (Å²) in [5.74, 6) is -1.09. The molecule has 4 rings (SSSR count). The van der Waals surface area contributed by atoms with Gasteiger partial charge in [0.05, 0.1) is 19.9 Å². The quantitative estimate of drug-likeness (QED) is 0.267. The number of benzene rings is 3. The average Bonchev–Trinajstić information content (AvgIpc) is 3.35. The molecule has 0 spiro atoms. The maximum Gasteiger partial charge on any atom is 0.273 e. The first kappa shape index (κ1) is 28.1. The normalized spacial score (nSPS) is 11.4. The Balaban J connectivity index is 1.88. The average molecular weight is 560 g/mol. The maximum absolute atomic E-state index is 14.2. The highest BCUT2D eigenvalue weighted by Gasteiger charge is 2.36. The first-order chi connectivity index (χ1) is 19.2. The molecule has 1 aromatic heterocycles. The van der Waals surface area contributed by atoms with E-state index in [1.165, 1.54) is 19.1 Å². The van der Waals surface area contributed by atoms with E-state index in [-0.39, 0.29) is 22.8 Å². The number of carbonyl (C=O) groups is 3. The molecule has 1 atom stereocenters. The largest absolute Gasteiger partial charge is 0.493 e. The van der Waals surface area contributed by atoms with E-state index in [9.17, 15) is 14.4 Å². The van der Waals surface area contributed by atoms with Crippen LogP contribution in [0.5, 0.6) is 11.5 Å². The van der Waals surface area contributed by atoms with Gasteiger partial charge in [0.25, 0.3) is 11.8 Å². The summed E-state index contributed by atoms with van der Waals surface area (Å²) in [6, 6.07) is 20.4. The summed E-state index contributed by atoms with van der Waals surface area (Å²) in [5.41, 5.74) is 13.8. The van der Waals surface area contributed by atoms with E-state index in [1.54, 1.807) is 36.4 Å². The van der Waals surface area contributed by atoms with Crippen molar-refractivity contribution in [1.82, 2.24) is 9.69 Å². The Kier molecular flexibility index (Phi) is 8.65. The number of methoxy groups -OCH3 is 2. The zero-order valence-corrected chi connectivity index (χ0v) is 23.0. The summed E-state index contributed by atoms with van der Waals surface area (Å²) >= 11 is 0.745. The summed E-state index contributed by atoms with van der Waals surface area (Å²) in [4.78, 5) is 41.4. The zero-order chi connectivity index (χ0) is 28.8. The van der Waals surface area contributed by atoms with Crippen LogP contribution in [0.4, 0.5) is 11.4 Å². The summed E-state index contributed by atoms with van der Waals surface area (Å²) in [5, 5.41) is 2.95. The number of amides is 3. The Bertz CT molecular complexity index is 1540. The lowest BCUT2D eigenvalue weighted by atomic mass is 10.0. The van der Waals surface area contributed by atoms with Crippen molar-refractivity contribution in [2.24, 2.45) is 5.73 Å². The van der Waals surface area contributed by atoms with Crippen LogP contribution in [0.25, 0.3) is 0 Å². The Labute approximate surface area is 235 Å². The van der Waals surface area contributed by atoms with Gasteiger partial charge < -0.3 is 26.3 Å². The Morgan fingerprint density at radius 3 is 2.33 bits per heavy atom. The predicted molar refractivity (Wildman–Crippen MR) is 154 cm³/mol. The number of anilines is 2. The summed E-state index contributed by atoms with van der Waals surface area (Å²) in [6.45, 7) is 2.10. The molecule has 1 heterocycles. The van der Waals surface area contributed by atoms with Crippen molar-refractivity contribution in [3.63, 3.8) is 0 Å². The number of aryl methyl sites for hydroxylation is 1. The van der Waals surface area contributed by atoms with Gasteiger partial charge in [0, 0.05) is 12.2 Å². The van der Waals surface area contributed by atoms with Gasteiger partial charge in [-0.3, -0.25) is 19.3 Å². The molecule has 11 heteroatoms. The molecule has 0 aliphatic rings. The van der Waals surface area contributed by atoms with Crippen LogP contribution in [0.3, 0.4) is 0 Å². The molecular weight excluding hydrogens is 530 g/mol. The fourth-order valence-corrected chi connectivity index (χ4v) is 4.96. The van der Waals surface area contributed by atoms with E-state index in [0.29, 0.717) is 22.7 Å². The van der Waals surface area contributed by atoms with E-state index in [2.05, 4.69) is 9.69 Å². The fourth-order valence-electron chi connectivity index (χ4n) is 4.22. The van der Waals surface area contributed by atoms with E-state index >= 15 is 0 Å². The van der Waals surface area contributed by atoms with Crippen molar-refractivity contribution in [2.75, 3.05) is 24.9 Å². The maximum atomic E-state index is 14.2. The van der Waals surface area contributed by atoms with Gasteiger partial charge in [0.1, 0.15) is 10.9 Å². The number of primary amides is 1. The monoisotopic (exact) mass is 559 g/mol. The second-order valence-corrected chi connectivity index (χ2v) is 9.65. The van der Waals surface area contributed by atoms with Crippen LogP contribution in [0.15, 0.2) is 72.8 Å². The van der Waals surface area contributed by atoms with Gasteiger partial charge in [-0.05, 0) is 59.4 Å². The van der Waals surface area contributed by atoms with Crippen molar-refractivity contribution in [2.45, 2.75) is 19.5 Å². The minimum absolute atomic E-state index is 0.0170. The van der Waals surface area contributed by atoms with Crippen molar-refractivity contribution >= 4 is 40.6 Å². The zero-order valence-electron chi connectivity index (χ0n) is 22.2. The summed E-state index contributed by atoms with van der Waals surface area (Å²) in [7, 11) is 2.99. The van der Waals surface area contributed by atoms with Gasteiger partial charge in [-0.1, -0.05) is 48.5 Å². The number of nitrogens with two attached hydrogens (primary N) is 2. The predicted octanol–water partition coefficient (Wildman–Crippen LogP) is 3.85. The molecule has 0 radical (unpaired) electrons. The van der Waals surface area contributed by atoms with E-state index in [4.69, 9.17) is 20.9 Å². The lowest BCUT2D eigenvalue weighted by molar-refractivity contribution is -0.122. The number of nitrogens with one attached hydrogen (secondary N) is 1. The summed E-state index contributed by atoms with van der Waals surface area (Å²) < 4.78 is 14.9. The SMILES string of the molecule is COc1ccc([C@H](C(=O)NCc2ccccc2)N(C(=O)c2snc(C(N)=O)c2N)c2cccc(C)c2)cc1OC. The van der Waals surface area contributed by atoms with Crippen LogP contribution in [0.2, 0.25) is 0 Å². The highest BCUT2D eigenvalue weighted by Crippen LogP contribution is 2.37. The van der Waals surface area contributed by atoms with Crippen LogP contribution in [-0.4, -0.2) is 36.3 Å². The second-order valence-electron chi connectivity index (χ2n) is 8.87. The van der Waals surface area contributed by atoms with E-state index in [1.807, 2.05) is 43.3 Å². The van der Waals surface area contributed by atoms with Gasteiger partial charge in [0.2, 0.25) is 5.91 Å². The van der Waals surface area contributed by atoms with Crippen LogP contribution < -0.4 is 31.2 Å². The summed E-state index contributed by atoms with van der Waals surface area (Å²) in [6.07, 6.45) is 0. The highest BCUT2D eigenvalue weighted by molar-refractivity contribution is 7.09. The lowest BCUT2D eigenvalue weighted by Gasteiger charge is -2.32. The van der Waals surface area contributed by atoms with Crippen LogP contribution in [0, 0.1) is 6.92 Å². The molecule has 0 aliphatic carbocycles. The standard InChI is InChI=1S/C29H29N5O5S/c1-17-8-7-11-20(14-17)34(29(37)26-23(30)24(27(31)35)33-40-26)25(19-12-13-21(38-2)22(15-19)39-3)28(36)32-16-18-9-5-4-6-10-18/h4-15,25H,16,30H2,1-3H3,(H2,31,35)(H,32,36)/t25-/m1/s1. The molecule has 5 N–H and O–H groups in total. The number of ether oxygens (including phenoxy) is 2. The third kappa shape index (κ3) is 5.89. The molecular formula is C29H29N5O5S. The highest BCUT2D eigenvalue weighted by atomic mass is 32.1. The van der Waals surface area contributed by atoms with Crippen LogP contribution in [-0.2, 0) is 11.3 Å². The molecule has 0 saturated carbocycles. The number of nitrogen functional groups attached to an aromatic ring is 1. The molecule has 40 heavy (non-hydrogen) atoms. The molecule has 0 unspecified atom stereocenters. The minimum Gasteiger partial charge on any atom is -0.493 e. The third-order valence-corrected chi connectivity index (χ3v) is 7.04. The minimum atomic E-state index is -1.17. The molecule has 0 fully saturated rings. The third-order valence-electron chi connectivity index (χ3n) is 6.19. The van der Waals surface area contributed by atoms with Gasteiger partial charge in [-0.25, -0.2) is 0 Å². The molecule has 0 saturated heterocycles. The van der Waals surface area contributed by atoms with Crippen molar-refractivity contribution < 1.29 is 23.9 Å². The number of nitrogens with zero attached hydrogens (tertiary/aromatic N) is 2. The van der Waals surface area contributed by atoms with Gasteiger partial charge in [-0.15, -0.1) is 0 Å². The first-order valence-electron chi connectivity index (χ1n) is 12.2. The Hall–Kier alpha value is -4.90. The Morgan fingerprint density at radius 2 is 1.70 bits per heavy atom. The Morgan fingerprint density at radius 1 is 0.975 bits per heavy atom. The smallest absolute Gasteiger partial charge is 0.273 e. The molecule has 0 aliphatic heterocycles. The van der Waals surface area contributed by atoms with Gasteiger partial charge >= 0.3 is 0 Å². The number of rotatable bonds is 10. The lowest BCUT2D eigenvalue weighted by Crippen LogP contribution is -2.44. The van der Waals surface area contributed by atoms with Crippen molar-refractivity contribution in [3.05, 3.63) is 100 Å². The van der Waals surface area contributed by atoms with Gasteiger partial charge in [0.15, 0.2) is 17.2 Å². The molecule has 206 valence electrons. The van der Waals surface area contributed by atoms with E-state index < -0.39 is 23.8 Å². The number of hydrogen-bond donors (Lipinski definition) is 3.